The summed E-state index contributed by atoms with van der Waals surface area (Å²) in [7, 11) is 3.51. The van der Waals surface area contributed by atoms with Crippen LogP contribution in [0.4, 0.5) is 5.82 Å². The Bertz CT molecular complexity index is 794. The Kier molecular flexibility index (Phi) is 3.73. The number of aryl methyl sites for hydroxylation is 1. The number of thiophene rings is 1. The van der Waals surface area contributed by atoms with Crippen molar-refractivity contribution in [3.8, 4) is 27.4 Å². The number of benzene rings is 1. The molecule has 0 aliphatic heterocycles. The molecule has 0 saturated heterocycles. The number of hydrogen-bond donors (Lipinski definition) is 1. The number of nitrogens with two attached hydrogens (primary N) is 1. The number of nitrogen functional groups attached to an aromatic ring is 1. The fraction of sp³-hybridized carbons (Fsp3) is 0.133. The van der Waals surface area contributed by atoms with Crippen LogP contribution in [0.15, 0.2) is 40.2 Å². The van der Waals surface area contributed by atoms with Crippen LogP contribution in [0.1, 0.15) is 0 Å². The number of hydrogen-bond acceptors (Lipinski definition) is 4. The molecule has 0 radical (unpaired) electrons. The van der Waals surface area contributed by atoms with E-state index in [4.69, 9.17) is 10.5 Å². The summed E-state index contributed by atoms with van der Waals surface area (Å²) in [4.78, 5) is 1.07. The highest BCUT2D eigenvalue weighted by atomic mass is 79.9. The normalized spacial score (nSPS) is 10.8. The first-order valence-corrected chi connectivity index (χ1v) is 7.99. The van der Waals surface area contributed by atoms with Crippen LogP contribution in [0.3, 0.4) is 0 Å². The fourth-order valence-corrected chi connectivity index (χ4v) is 3.77. The number of ether oxygens (including phenoxy) is 1. The fourth-order valence-electron chi connectivity index (χ4n) is 2.22. The molecule has 0 bridgehead atoms. The van der Waals surface area contributed by atoms with Gasteiger partial charge in [0.1, 0.15) is 17.3 Å². The molecule has 6 heteroatoms. The van der Waals surface area contributed by atoms with Gasteiger partial charge in [0.05, 0.1) is 17.6 Å². The van der Waals surface area contributed by atoms with Gasteiger partial charge < -0.3 is 10.5 Å². The summed E-state index contributed by atoms with van der Waals surface area (Å²) in [5.74, 6) is 1.44. The predicted octanol–water partition coefficient (Wildman–Crippen LogP) is 4.17. The Morgan fingerprint density at radius 3 is 2.81 bits per heavy atom. The number of rotatable bonds is 3. The molecule has 0 aliphatic rings. The lowest BCUT2D eigenvalue weighted by atomic mass is 10.0. The van der Waals surface area contributed by atoms with Gasteiger partial charge in [-0.3, -0.25) is 4.68 Å². The number of anilines is 1. The van der Waals surface area contributed by atoms with Crippen molar-refractivity contribution in [3.05, 3.63) is 40.2 Å². The molecule has 0 fully saturated rings. The molecule has 0 atom stereocenters. The Labute approximate surface area is 135 Å². The average molecular weight is 364 g/mol. The Hall–Kier alpha value is -1.79. The predicted molar refractivity (Wildman–Crippen MR) is 90.6 cm³/mol. The Morgan fingerprint density at radius 2 is 2.14 bits per heavy atom. The van der Waals surface area contributed by atoms with Crippen molar-refractivity contribution in [2.24, 2.45) is 7.05 Å². The zero-order valence-electron chi connectivity index (χ0n) is 11.6. The van der Waals surface area contributed by atoms with E-state index in [0.29, 0.717) is 5.82 Å². The van der Waals surface area contributed by atoms with Gasteiger partial charge in [-0.2, -0.15) is 5.10 Å². The van der Waals surface area contributed by atoms with Crippen LogP contribution >= 0.6 is 27.3 Å². The monoisotopic (exact) mass is 363 g/mol. The van der Waals surface area contributed by atoms with Crippen LogP contribution in [0.2, 0.25) is 0 Å². The van der Waals surface area contributed by atoms with E-state index in [1.165, 1.54) is 0 Å². The summed E-state index contributed by atoms with van der Waals surface area (Å²) in [6.45, 7) is 0. The summed E-state index contributed by atoms with van der Waals surface area (Å²) >= 11 is 5.20. The maximum Gasteiger partial charge on any atom is 0.129 e. The van der Waals surface area contributed by atoms with Crippen LogP contribution in [-0.2, 0) is 7.05 Å². The first-order valence-electron chi connectivity index (χ1n) is 6.32. The minimum atomic E-state index is 0.638. The van der Waals surface area contributed by atoms with Crippen LogP contribution in [0.25, 0.3) is 21.7 Å². The highest BCUT2D eigenvalue weighted by Gasteiger charge is 2.20. The van der Waals surface area contributed by atoms with E-state index in [2.05, 4.69) is 21.0 Å². The van der Waals surface area contributed by atoms with E-state index in [-0.39, 0.29) is 0 Å². The van der Waals surface area contributed by atoms with Gasteiger partial charge in [-0.25, -0.2) is 0 Å². The minimum absolute atomic E-state index is 0.638. The van der Waals surface area contributed by atoms with Gasteiger partial charge in [0.15, 0.2) is 0 Å². The quantitative estimate of drug-likeness (QED) is 0.759. The number of nitrogens with zero attached hydrogens (tertiary/aromatic N) is 2. The second-order valence-corrected chi connectivity index (χ2v) is 6.33. The summed E-state index contributed by atoms with van der Waals surface area (Å²) in [6.07, 6.45) is 0. The van der Waals surface area contributed by atoms with Gasteiger partial charge in [0, 0.05) is 11.5 Å². The van der Waals surface area contributed by atoms with Crippen LogP contribution in [-0.4, -0.2) is 16.9 Å². The number of aromatic nitrogens is 2. The van der Waals surface area contributed by atoms with E-state index >= 15 is 0 Å². The summed E-state index contributed by atoms with van der Waals surface area (Å²) in [6, 6.07) is 9.87. The summed E-state index contributed by atoms with van der Waals surface area (Å²) in [5, 5.41) is 6.60. The topological polar surface area (TPSA) is 53.1 Å². The van der Waals surface area contributed by atoms with Crippen LogP contribution in [0, 0.1) is 0 Å². The van der Waals surface area contributed by atoms with E-state index in [0.717, 1.165) is 31.9 Å². The summed E-state index contributed by atoms with van der Waals surface area (Å²) < 4.78 is 8.03. The van der Waals surface area contributed by atoms with Crippen molar-refractivity contribution in [2.45, 2.75) is 0 Å². The average Bonchev–Trinajstić information content (AvgIpc) is 3.03. The SMILES string of the molecule is COc1cccc(-c2c(-c3sccc3Br)nn(C)c2N)c1. The van der Waals surface area contributed by atoms with Crippen molar-refractivity contribution >= 4 is 33.1 Å². The lowest BCUT2D eigenvalue weighted by Crippen LogP contribution is -1.98. The molecular formula is C15H14BrN3OS. The molecule has 2 N–H and O–H groups in total. The minimum Gasteiger partial charge on any atom is -0.497 e. The van der Waals surface area contributed by atoms with E-state index in [9.17, 15) is 0 Å². The zero-order valence-corrected chi connectivity index (χ0v) is 14.0. The molecule has 3 aromatic rings. The van der Waals surface area contributed by atoms with Crippen molar-refractivity contribution < 1.29 is 4.74 Å². The molecule has 0 amide bonds. The second kappa shape index (κ2) is 5.54. The lowest BCUT2D eigenvalue weighted by Gasteiger charge is -2.06. The van der Waals surface area contributed by atoms with E-state index in [1.807, 2.05) is 42.8 Å². The Morgan fingerprint density at radius 1 is 1.33 bits per heavy atom. The van der Waals surface area contributed by atoms with Gasteiger partial charge >= 0.3 is 0 Å². The molecule has 2 heterocycles. The van der Waals surface area contributed by atoms with E-state index < -0.39 is 0 Å². The molecule has 0 aliphatic carbocycles. The molecule has 21 heavy (non-hydrogen) atoms. The lowest BCUT2D eigenvalue weighted by molar-refractivity contribution is 0.415. The number of methoxy groups -OCH3 is 1. The largest absolute Gasteiger partial charge is 0.497 e. The Balaban J connectivity index is 2.24. The molecule has 108 valence electrons. The molecular weight excluding hydrogens is 350 g/mol. The standard InChI is InChI=1S/C15H14BrN3OS/c1-19-15(17)12(9-4-3-5-10(8-9)20-2)13(18-19)14-11(16)6-7-21-14/h3-8H,17H2,1-2H3. The van der Waals surface area contributed by atoms with E-state index in [1.54, 1.807) is 23.1 Å². The first-order chi connectivity index (χ1) is 10.1. The highest BCUT2D eigenvalue weighted by molar-refractivity contribution is 9.10. The zero-order chi connectivity index (χ0) is 15.0. The molecule has 1 aromatic carbocycles. The molecule has 0 saturated carbocycles. The van der Waals surface area contributed by atoms with Crippen LogP contribution in [0.5, 0.6) is 5.75 Å². The molecule has 3 rings (SSSR count). The molecule has 2 aromatic heterocycles. The second-order valence-electron chi connectivity index (χ2n) is 4.56. The molecule has 0 unspecified atom stereocenters. The highest BCUT2D eigenvalue weighted by Crippen LogP contribution is 2.42. The summed E-state index contributed by atoms with van der Waals surface area (Å²) in [5.41, 5.74) is 9.04. The van der Waals surface area contributed by atoms with Gasteiger partial charge in [-0.1, -0.05) is 12.1 Å². The van der Waals surface area contributed by atoms with Gasteiger partial charge in [0.25, 0.3) is 0 Å². The van der Waals surface area contributed by atoms with Crippen molar-refractivity contribution in [1.29, 1.82) is 0 Å². The third kappa shape index (κ3) is 2.45. The van der Waals surface area contributed by atoms with Crippen molar-refractivity contribution in [3.63, 3.8) is 0 Å². The van der Waals surface area contributed by atoms with Crippen molar-refractivity contribution in [1.82, 2.24) is 9.78 Å². The third-order valence-corrected chi connectivity index (χ3v) is 5.13. The molecule has 4 nitrogen and oxygen atoms in total. The van der Waals surface area contributed by atoms with Crippen LogP contribution < -0.4 is 10.5 Å². The smallest absolute Gasteiger partial charge is 0.129 e. The van der Waals surface area contributed by atoms with Gasteiger partial charge in [0.2, 0.25) is 0 Å². The third-order valence-electron chi connectivity index (χ3n) is 3.28. The van der Waals surface area contributed by atoms with Crippen molar-refractivity contribution in [2.75, 3.05) is 12.8 Å². The molecule has 0 spiro atoms. The maximum absolute atomic E-state index is 6.23. The van der Waals surface area contributed by atoms with Gasteiger partial charge in [-0.15, -0.1) is 11.3 Å². The maximum atomic E-state index is 6.23. The van der Waals surface area contributed by atoms with Gasteiger partial charge in [-0.05, 0) is 45.1 Å². The number of halogens is 1. The first kappa shape index (κ1) is 14.2.